The van der Waals surface area contributed by atoms with Crippen molar-refractivity contribution < 1.29 is 0 Å². The molecule has 1 N–H and O–H groups in total. The van der Waals surface area contributed by atoms with Gasteiger partial charge in [-0.05, 0) is 31.5 Å². The molecule has 2 heteroatoms. The molecule has 0 fully saturated rings. The van der Waals surface area contributed by atoms with Crippen molar-refractivity contribution in [2.45, 2.75) is 59.3 Å². The van der Waals surface area contributed by atoms with Crippen LogP contribution in [0.15, 0.2) is 24.3 Å². The van der Waals surface area contributed by atoms with E-state index in [1.807, 2.05) is 0 Å². The smallest absolute Gasteiger partial charge is 0.0236 e. The Morgan fingerprint density at radius 3 is 2.28 bits per heavy atom. The van der Waals surface area contributed by atoms with E-state index in [2.05, 4.69) is 69.2 Å². The summed E-state index contributed by atoms with van der Waals surface area (Å²) in [5.74, 6) is 0. The summed E-state index contributed by atoms with van der Waals surface area (Å²) in [7, 11) is 2.21. The first-order valence-corrected chi connectivity index (χ1v) is 7.05. The minimum Gasteiger partial charge on any atom is -0.310 e. The fourth-order valence-corrected chi connectivity index (χ4v) is 1.93. The monoisotopic (exact) mass is 248 g/mol. The molecule has 0 saturated heterocycles. The first-order valence-electron chi connectivity index (χ1n) is 7.05. The van der Waals surface area contributed by atoms with Crippen molar-refractivity contribution in [1.82, 2.24) is 10.2 Å². The average molecular weight is 248 g/mol. The summed E-state index contributed by atoms with van der Waals surface area (Å²) in [6, 6.07) is 9.91. The van der Waals surface area contributed by atoms with E-state index in [-0.39, 0.29) is 0 Å². The minimum absolute atomic E-state index is 0.533. The normalized spacial score (nSPS) is 13.3. The third-order valence-corrected chi connectivity index (χ3v) is 3.58. The van der Waals surface area contributed by atoms with Gasteiger partial charge in [0.05, 0.1) is 0 Å². The second-order valence-corrected chi connectivity index (χ2v) is 5.48. The van der Waals surface area contributed by atoms with Crippen molar-refractivity contribution in [3.05, 3.63) is 35.4 Å². The summed E-state index contributed by atoms with van der Waals surface area (Å²) in [5, 5.41) is 3.50. The second kappa shape index (κ2) is 7.55. The molecule has 0 aliphatic carbocycles. The Morgan fingerprint density at radius 1 is 1.11 bits per heavy atom. The van der Waals surface area contributed by atoms with Gasteiger partial charge in [-0.3, -0.25) is 4.90 Å². The maximum atomic E-state index is 3.50. The molecule has 1 aromatic carbocycles. The van der Waals surface area contributed by atoms with Gasteiger partial charge in [-0.15, -0.1) is 0 Å². The van der Waals surface area contributed by atoms with Gasteiger partial charge >= 0.3 is 0 Å². The van der Waals surface area contributed by atoms with E-state index in [1.54, 1.807) is 0 Å². The molecule has 102 valence electrons. The maximum Gasteiger partial charge on any atom is 0.0236 e. The number of hydrogen-bond acceptors (Lipinski definition) is 2. The van der Waals surface area contributed by atoms with Gasteiger partial charge < -0.3 is 5.32 Å². The van der Waals surface area contributed by atoms with Crippen molar-refractivity contribution in [2.24, 2.45) is 0 Å². The Labute approximate surface area is 112 Å². The van der Waals surface area contributed by atoms with Gasteiger partial charge in [0.1, 0.15) is 0 Å². The van der Waals surface area contributed by atoms with E-state index in [0.29, 0.717) is 12.1 Å². The SMILES string of the molecule is CCC(C)N(C)Cc1ccccc1CNC(C)C. The Morgan fingerprint density at radius 2 is 1.72 bits per heavy atom. The van der Waals surface area contributed by atoms with Gasteiger partial charge in [-0.25, -0.2) is 0 Å². The van der Waals surface area contributed by atoms with Crippen molar-refractivity contribution in [2.75, 3.05) is 7.05 Å². The van der Waals surface area contributed by atoms with E-state index in [4.69, 9.17) is 0 Å². The topological polar surface area (TPSA) is 15.3 Å². The number of nitrogens with zero attached hydrogens (tertiary/aromatic N) is 1. The van der Waals surface area contributed by atoms with Crippen LogP contribution in [-0.2, 0) is 13.1 Å². The van der Waals surface area contributed by atoms with Crippen LogP contribution in [0.1, 0.15) is 45.2 Å². The molecule has 1 aromatic rings. The molecule has 0 aromatic heterocycles. The lowest BCUT2D eigenvalue weighted by Gasteiger charge is -2.25. The van der Waals surface area contributed by atoms with Crippen molar-refractivity contribution in [1.29, 1.82) is 0 Å². The minimum atomic E-state index is 0.533. The summed E-state index contributed by atoms with van der Waals surface area (Å²) in [6.07, 6.45) is 1.20. The largest absolute Gasteiger partial charge is 0.310 e. The number of hydrogen-bond donors (Lipinski definition) is 1. The zero-order valence-corrected chi connectivity index (χ0v) is 12.5. The summed E-state index contributed by atoms with van der Waals surface area (Å²) in [6.45, 7) is 10.9. The zero-order valence-electron chi connectivity index (χ0n) is 12.5. The zero-order chi connectivity index (χ0) is 13.5. The molecule has 0 radical (unpaired) electrons. The van der Waals surface area contributed by atoms with Crippen molar-refractivity contribution >= 4 is 0 Å². The molecule has 0 saturated carbocycles. The summed E-state index contributed by atoms with van der Waals surface area (Å²) >= 11 is 0. The molecule has 1 rings (SSSR count). The van der Waals surface area contributed by atoms with Gasteiger partial charge in [-0.2, -0.15) is 0 Å². The maximum absolute atomic E-state index is 3.50. The van der Waals surface area contributed by atoms with Crippen LogP contribution < -0.4 is 5.32 Å². The molecule has 1 unspecified atom stereocenters. The van der Waals surface area contributed by atoms with E-state index in [0.717, 1.165) is 13.1 Å². The van der Waals surface area contributed by atoms with Crippen LogP contribution in [0, 0.1) is 0 Å². The standard InChI is InChI=1S/C16H28N2/c1-6-14(4)18(5)12-16-10-8-7-9-15(16)11-17-13(2)3/h7-10,13-14,17H,6,11-12H2,1-5H3. The molecule has 0 amide bonds. The van der Waals surface area contributed by atoms with Gasteiger partial charge in [0, 0.05) is 25.2 Å². The third kappa shape index (κ3) is 4.79. The van der Waals surface area contributed by atoms with Crippen LogP contribution >= 0.6 is 0 Å². The van der Waals surface area contributed by atoms with E-state index in [1.165, 1.54) is 17.5 Å². The highest BCUT2D eigenvalue weighted by Crippen LogP contribution is 2.13. The molecule has 0 aliphatic rings. The molecular formula is C16H28N2. The van der Waals surface area contributed by atoms with E-state index < -0.39 is 0 Å². The molecule has 2 nitrogen and oxygen atoms in total. The first-order chi connectivity index (χ1) is 8.54. The molecular weight excluding hydrogens is 220 g/mol. The van der Waals surface area contributed by atoms with Gasteiger partial charge in [0.15, 0.2) is 0 Å². The molecule has 0 spiro atoms. The van der Waals surface area contributed by atoms with E-state index in [9.17, 15) is 0 Å². The lowest BCUT2D eigenvalue weighted by atomic mass is 10.1. The van der Waals surface area contributed by atoms with Crippen molar-refractivity contribution in [3.63, 3.8) is 0 Å². The highest BCUT2D eigenvalue weighted by Gasteiger charge is 2.09. The van der Waals surface area contributed by atoms with Crippen LogP contribution in [0.3, 0.4) is 0 Å². The molecule has 1 atom stereocenters. The molecule has 18 heavy (non-hydrogen) atoms. The van der Waals surface area contributed by atoms with Crippen LogP contribution in [0.2, 0.25) is 0 Å². The Kier molecular flexibility index (Phi) is 6.37. The average Bonchev–Trinajstić information content (AvgIpc) is 2.36. The fraction of sp³-hybridized carbons (Fsp3) is 0.625. The predicted molar refractivity (Wildman–Crippen MR) is 79.6 cm³/mol. The Hall–Kier alpha value is -0.860. The lowest BCUT2D eigenvalue weighted by molar-refractivity contribution is 0.243. The molecule has 0 aliphatic heterocycles. The van der Waals surface area contributed by atoms with Gasteiger partial charge in [-0.1, -0.05) is 45.0 Å². The summed E-state index contributed by atoms with van der Waals surface area (Å²) < 4.78 is 0. The fourth-order valence-electron chi connectivity index (χ4n) is 1.93. The molecule has 0 bridgehead atoms. The quantitative estimate of drug-likeness (QED) is 0.795. The number of benzene rings is 1. The highest BCUT2D eigenvalue weighted by molar-refractivity contribution is 5.27. The van der Waals surface area contributed by atoms with Gasteiger partial charge in [0.25, 0.3) is 0 Å². The van der Waals surface area contributed by atoms with Crippen molar-refractivity contribution in [3.8, 4) is 0 Å². The van der Waals surface area contributed by atoms with Crippen LogP contribution in [-0.4, -0.2) is 24.0 Å². The Balaban J connectivity index is 2.69. The highest BCUT2D eigenvalue weighted by atomic mass is 15.1. The van der Waals surface area contributed by atoms with Crippen LogP contribution in [0.5, 0.6) is 0 Å². The third-order valence-electron chi connectivity index (χ3n) is 3.58. The lowest BCUT2D eigenvalue weighted by Crippen LogP contribution is -2.29. The summed E-state index contributed by atoms with van der Waals surface area (Å²) in [5.41, 5.74) is 2.86. The van der Waals surface area contributed by atoms with Gasteiger partial charge in [0.2, 0.25) is 0 Å². The number of rotatable bonds is 7. The predicted octanol–water partition coefficient (Wildman–Crippen LogP) is 3.41. The number of nitrogens with one attached hydrogen (secondary N) is 1. The van der Waals surface area contributed by atoms with Crippen LogP contribution in [0.4, 0.5) is 0 Å². The second-order valence-electron chi connectivity index (χ2n) is 5.48. The summed E-state index contributed by atoms with van der Waals surface area (Å²) in [4.78, 5) is 2.42. The Bertz CT molecular complexity index is 347. The molecule has 0 heterocycles. The first kappa shape index (κ1) is 15.2. The van der Waals surface area contributed by atoms with E-state index >= 15 is 0 Å². The van der Waals surface area contributed by atoms with Crippen LogP contribution in [0.25, 0.3) is 0 Å².